The number of hydrogen-bond donors (Lipinski definition) is 0. The van der Waals surface area contributed by atoms with Crippen molar-refractivity contribution < 1.29 is 8.42 Å². The number of benzene rings is 2. The summed E-state index contributed by atoms with van der Waals surface area (Å²) in [4.78, 5) is 5.86. The Bertz CT molecular complexity index is 1220. The topological polar surface area (TPSA) is 52.0 Å². The van der Waals surface area contributed by atoms with Gasteiger partial charge in [-0.3, -0.25) is 4.98 Å². The molecule has 0 spiro atoms. The standard InChI is InChI=1S/C19H12Cl2N2O2S2/c20-13-3-5-15(6-4-13)26-19-11-14(21)10-18-17(19)7-9-23(18)27(24,25)16-2-1-8-22-12-16/h1-12H. The number of pyridine rings is 1. The zero-order valence-electron chi connectivity index (χ0n) is 13.7. The molecular weight excluding hydrogens is 423 g/mol. The number of rotatable bonds is 4. The molecule has 0 radical (unpaired) electrons. The average molecular weight is 435 g/mol. The van der Waals surface area contributed by atoms with E-state index in [0.29, 0.717) is 15.6 Å². The summed E-state index contributed by atoms with van der Waals surface area (Å²) < 4.78 is 27.2. The highest BCUT2D eigenvalue weighted by Crippen LogP contribution is 2.37. The molecule has 0 bridgehead atoms. The Labute approximate surface area is 170 Å². The molecule has 0 aliphatic heterocycles. The van der Waals surface area contributed by atoms with Gasteiger partial charge in [-0.25, -0.2) is 12.4 Å². The molecule has 0 saturated carbocycles. The maximum atomic E-state index is 13.0. The number of hydrogen-bond acceptors (Lipinski definition) is 4. The summed E-state index contributed by atoms with van der Waals surface area (Å²) in [6.45, 7) is 0. The van der Waals surface area contributed by atoms with E-state index in [4.69, 9.17) is 23.2 Å². The quantitative estimate of drug-likeness (QED) is 0.411. The molecule has 4 nitrogen and oxygen atoms in total. The molecule has 0 atom stereocenters. The molecule has 27 heavy (non-hydrogen) atoms. The van der Waals surface area contributed by atoms with Gasteiger partial charge in [0.25, 0.3) is 10.0 Å². The van der Waals surface area contributed by atoms with Crippen LogP contribution in [0.4, 0.5) is 0 Å². The van der Waals surface area contributed by atoms with Crippen LogP contribution in [0, 0.1) is 0 Å². The van der Waals surface area contributed by atoms with Crippen molar-refractivity contribution >= 4 is 55.9 Å². The Balaban J connectivity index is 1.84. The third-order valence-corrected chi connectivity index (χ3v) is 7.14. The van der Waals surface area contributed by atoms with E-state index in [1.807, 2.05) is 30.3 Å². The van der Waals surface area contributed by atoms with Crippen molar-refractivity contribution in [2.75, 3.05) is 0 Å². The minimum absolute atomic E-state index is 0.120. The summed E-state index contributed by atoms with van der Waals surface area (Å²) in [5, 5.41) is 1.91. The van der Waals surface area contributed by atoms with Gasteiger partial charge in [0.2, 0.25) is 0 Å². The maximum absolute atomic E-state index is 13.0. The molecule has 2 heterocycles. The van der Waals surface area contributed by atoms with Crippen LogP contribution in [-0.2, 0) is 10.0 Å². The van der Waals surface area contributed by atoms with E-state index in [2.05, 4.69) is 4.98 Å². The van der Waals surface area contributed by atoms with Gasteiger partial charge in [0.05, 0.1) is 5.52 Å². The van der Waals surface area contributed by atoms with Gasteiger partial charge in [-0.2, -0.15) is 0 Å². The lowest BCUT2D eigenvalue weighted by Crippen LogP contribution is -2.11. The largest absolute Gasteiger partial charge is 0.269 e. The van der Waals surface area contributed by atoms with E-state index in [1.165, 1.54) is 40.4 Å². The Morgan fingerprint density at radius 1 is 0.963 bits per heavy atom. The monoisotopic (exact) mass is 434 g/mol. The third kappa shape index (κ3) is 3.58. The summed E-state index contributed by atoms with van der Waals surface area (Å²) in [5.74, 6) is 0. The molecule has 2 aromatic heterocycles. The minimum atomic E-state index is -3.77. The highest BCUT2D eigenvalue weighted by molar-refractivity contribution is 7.99. The lowest BCUT2D eigenvalue weighted by atomic mass is 10.2. The minimum Gasteiger partial charge on any atom is -0.263 e. The lowest BCUT2D eigenvalue weighted by molar-refractivity contribution is 0.588. The molecular formula is C19H12Cl2N2O2S2. The summed E-state index contributed by atoms with van der Waals surface area (Å²) in [6.07, 6.45) is 4.40. The normalized spacial score (nSPS) is 11.8. The molecule has 0 amide bonds. The molecule has 0 unspecified atom stereocenters. The Morgan fingerprint density at radius 3 is 2.44 bits per heavy atom. The first-order valence-corrected chi connectivity index (χ1v) is 10.9. The van der Waals surface area contributed by atoms with Crippen LogP contribution < -0.4 is 0 Å². The first-order chi connectivity index (χ1) is 12.9. The number of nitrogens with zero attached hydrogens (tertiary/aromatic N) is 2. The van der Waals surface area contributed by atoms with Crippen molar-refractivity contribution in [2.45, 2.75) is 14.7 Å². The highest BCUT2D eigenvalue weighted by atomic mass is 35.5. The fraction of sp³-hybridized carbons (Fsp3) is 0. The molecule has 0 N–H and O–H groups in total. The Morgan fingerprint density at radius 2 is 1.74 bits per heavy atom. The van der Waals surface area contributed by atoms with Gasteiger partial charge in [0.1, 0.15) is 4.90 Å². The number of halogens is 2. The van der Waals surface area contributed by atoms with E-state index in [0.717, 1.165) is 15.2 Å². The number of fused-ring (bicyclic) bond motifs is 1. The van der Waals surface area contributed by atoms with E-state index in [1.54, 1.807) is 18.2 Å². The van der Waals surface area contributed by atoms with Gasteiger partial charge in [-0.05, 0) is 54.6 Å². The molecule has 0 saturated heterocycles. The average Bonchev–Trinajstić information content (AvgIpc) is 3.09. The van der Waals surface area contributed by atoms with Crippen LogP contribution in [0.25, 0.3) is 10.9 Å². The SMILES string of the molecule is O=S(=O)(c1cccnc1)n1ccc2c(Sc3ccc(Cl)cc3)cc(Cl)cc21. The predicted molar refractivity (Wildman–Crippen MR) is 109 cm³/mol. The van der Waals surface area contributed by atoms with Crippen LogP contribution in [-0.4, -0.2) is 17.4 Å². The van der Waals surface area contributed by atoms with E-state index in [-0.39, 0.29) is 4.90 Å². The van der Waals surface area contributed by atoms with Crippen LogP contribution in [0.15, 0.2) is 87.9 Å². The summed E-state index contributed by atoms with van der Waals surface area (Å²) in [6, 6.07) is 15.8. The molecule has 2 aromatic carbocycles. The highest BCUT2D eigenvalue weighted by Gasteiger charge is 2.20. The van der Waals surface area contributed by atoms with Gasteiger partial charge in [-0.15, -0.1) is 0 Å². The van der Waals surface area contributed by atoms with Crippen LogP contribution >= 0.6 is 35.0 Å². The van der Waals surface area contributed by atoms with Crippen molar-refractivity contribution in [3.05, 3.63) is 83.2 Å². The molecule has 136 valence electrons. The van der Waals surface area contributed by atoms with Gasteiger partial charge in [-0.1, -0.05) is 35.0 Å². The zero-order valence-corrected chi connectivity index (χ0v) is 16.9. The lowest BCUT2D eigenvalue weighted by Gasteiger charge is -2.09. The summed E-state index contributed by atoms with van der Waals surface area (Å²) in [5.41, 5.74) is 0.516. The van der Waals surface area contributed by atoms with Gasteiger partial charge in [0.15, 0.2) is 0 Å². The zero-order chi connectivity index (χ0) is 19.0. The van der Waals surface area contributed by atoms with Gasteiger partial charge < -0.3 is 0 Å². The predicted octanol–water partition coefficient (Wildman–Crippen LogP) is 5.73. The second kappa shape index (κ2) is 7.20. The van der Waals surface area contributed by atoms with Crippen LogP contribution in [0.3, 0.4) is 0 Å². The van der Waals surface area contributed by atoms with Gasteiger partial charge >= 0.3 is 0 Å². The Hall–Kier alpha value is -1.99. The third-order valence-electron chi connectivity index (χ3n) is 3.93. The fourth-order valence-electron chi connectivity index (χ4n) is 2.69. The molecule has 0 fully saturated rings. The van der Waals surface area contributed by atoms with Crippen molar-refractivity contribution in [3.8, 4) is 0 Å². The summed E-state index contributed by atoms with van der Waals surface area (Å²) >= 11 is 13.7. The van der Waals surface area contributed by atoms with E-state index >= 15 is 0 Å². The van der Waals surface area contributed by atoms with Crippen molar-refractivity contribution in [2.24, 2.45) is 0 Å². The summed E-state index contributed by atoms with van der Waals surface area (Å²) in [7, 11) is -3.77. The van der Waals surface area contributed by atoms with Crippen molar-refractivity contribution in [1.82, 2.24) is 8.96 Å². The first-order valence-electron chi connectivity index (χ1n) is 7.85. The maximum Gasteiger partial charge on any atom is 0.269 e. The second-order valence-electron chi connectivity index (χ2n) is 5.70. The van der Waals surface area contributed by atoms with Gasteiger partial charge in [0, 0.05) is 43.8 Å². The van der Waals surface area contributed by atoms with Crippen LogP contribution in [0.2, 0.25) is 10.0 Å². The molecule has 8 heteroatoms. The molecule has 0 aliphatic rings. The molecule has 4 rings (SSSR count). The molecule has 0 aliphatic carbocycles. The smallest absolute Gasteiger partial charge is 0.263 e. The second-order valence-corrected chi connectivity index (χ2v) is 9.50. The van der Waals surface area contributed by atoms with Crippen LogP contribution in [0.1, 0.15) is 0 Å². The Kier molecular flexibility index (Phi) is 4.90. The number of aromatic nitrogens is 2. The van der Waals surface area contributed by atoms with Crippen molar-refractivity contribution in [3.63, 3.8) is 0 Å². The van der Waals surface area contributed by atoms with Crippen LogP contribution in [0.5, 0.6) is 0 Å². The molecule has 4 aromatic rings. The van der Waals surface area contributed by atoms with Crippen molar-refractivity contribution in [1.29, 1.82) is 0 Å². The fourth-order valence-corrected chi connectivity index (χ4v) is 5.39. The first kappa shape index (κ1) is 18.4. The van der Waals surface area contributed by atoms with E-state index in [9.17, 15) is 8.42 Å². The van der Waals surface area contributed by atoms with E-state index < -0.39 is 10.0 Å².